The standard InChI is InChI=1S/C20H13BrN2/c21-20-19(22-17-11-4-5-12-18(17)23-20)16-10-6-9-15(13-16)14-7-2-1-3-8-14/h1-13H. The highest BCUT2D eigenvalue weighted by molar-refractivity contribution is 9.10. The number of aromatic nitrogens is 2. The number of fused-ring (bicyclic) bond motifs is 1. The molecule has 1 aromatic heterocycles. The van der Waals surface area contributed by atoms with Crippen LogP contribution in [0.5, 0.6) is 0 Å². The van der Waals surface area contributed by atoms with Crippen molar-refractivity contribution >= 4 is 27.0 Å². The number of hydrogen-bond acceptors (Lipinski definition) is 2. The summed E-state index contributed by atoms with van der Waals surface area (Å²) in [6.07, 6.45) is 0. The van der Waals surface area contributed by atoms with Gasteiger partial charge < -0.3 is 0 Å². The number of benzene rings is 3. The van der Waals surface area contributed by atoms with Gasteiger partial charge in [0.15, 0.2) is 0 Å². The first-order chi connectivity index (χ1) is 11.3. The van der Waals surface area contributed by atoms with Gasteiger partial charge in [-0.2, -0.15) is 0 Å². The topological polar surface area (TPSA) is 25.8 Å². The summed E-state index contributed by atoms with van der Waals surface area (Å²) in [6, 6.07) is 26.6. The van der Waals surface area contributed by atoms with Gasteiger partial charge in [-0.1, -0.05) is 60.7 Å². The van der Waals surface area contributed by atoms with Crippen LogP contribution in [0.15, 0.2) is 83.5 Å². The van der Waals surface area contributed by atoms with Crippen LogP contribution < -0.4 is 0 Å². The van der Waals surface area contributed by atoms with Crippen molar-refractivity contribution in [1.29, 1.82) is 0 Å². The van der Waals surface area contributed by atoms with E-state index in [9.17, 15) is 0 Å². The summed E-state index contributed by atoms with van der Waals surface area (Å²) in [7, 11) is 0. The highest BCUT2D eigenvalue weighted by Crippen LogP contribution is 2.30. The molecule has 4 rings (SSSR count). The number of hydrogen-bond donors (Lipinski definition) is 0. The third kappa shape index (κ3) is 2.76. The molecule has 0 saturated heterocycles. The molecule has 0 unspecified atom stereocenters. The van der Waals surface area contributed by atoms with Gasteiger partial charge in [0.1, 0.15) is 10.3 Å². The first-order valence-corrected chi connectivity index (χ1v) is 8.19. The van der Waals surface area contributed by atoms with Crippen molar-refractivity contribution in [2.45, 2.75) is 0 Å². The summed E-state index contributed by atoms with van der Waals surface area (Å²) in [5.74, 6) is 0. The molecule has 0 saturated carbocycles. The van der Waals surface area contributed by atoms with Crippen LogP contribution in [0, 0.1) is 0 Å². The molecule has 0 fully saturated rings. The highest BCUT2D eigenvalue weighted by atomic mass is 79.9. The lowest BCUT2D eigenvalue weighted by molar-refractivity contribution is 1.25. The predicted molar refractivity (Wildman–Crippen MR) is 98.1 cm³/mol. The largest absolute Gasteiger partial charge is 0.243 e. The summed E-state index contributed by atoms with van der Waals surface area (Å²) >= 11 is 3.56. The minimum Gasteiger partial charge on any atom is -0.243 e. The summed E-state index contributed by atoms with van der Waals surface area (Å²) in [6.45, 7) is 0. The Bertz CT molecular complexity index is 981. The molecule has 2 nitrogen and oxygen atoms in total. The molecule has 0 spiro atoms. The molecule has 0 N–H and O–H groups in total. The number of halogens is 1. The fourth-order valence-electron chi connectivity index (χ4n) is 2.64. The molecule has 110 valence electrons. The number of para-hydroxylation sites is 2. The lowest BCUT2D eigenvalue weighted by Gasteiger charge is -2.08. The second kappa shape index (κ2) is 5.94. The quantitative estimate of drug-likeness (QED) is 0.456. The molecule has 0 bridgehead atoms. The van der Waals surface area contributed by atoms with Crippen LogP contribution in [0.3, 0.4) is 0 Å². The van der Waals surface area contributed by atoms with Crippen LogP contribution in [0.1, 0.15) is 0 Å². The summed E-state index contributed by atoms with van der Waals surface area (Å²) in [5, 5.41) is 0. The molecule has 23 heavy (non-hydrogen) atoms. The third-order valence-corrected chi connectivity index (χ3v) is 4.32. The van der Waals surface area contributed by atoms with E-state index in [4.69, 9.17) is 4.98 Å². The van der Waals surface area contributed by atoms with E-state index in [1.165, 1.54) is 11.1 Å². The Kier molecular flexibility index (Phi) is 3.64. The van der Waals surface area contributed by atoms with Gasteiger partial charge in [-0.3, -0.25) is 0 Å². The third-order valence-electron chi connectivity index (χ3n) is 3.77. The minimum atomic E-state index is 0.765. The molecule has 4 aromatic rings. The molecular formula is C20H13BrN2. The number of nitrogens with zero attached hydrogens (tertiary/aromatic N) is 2. The van der Waals surface area contributed by atoms with Crippen molar-refractivity contribution in [2.24, 2.45) is 0 Å². The van der Waals surface area contributed by atoms with E-state index in [2.05, 4.69) is 57.3 Å². The van der Waals surface area contributed by atoms with Crippen LogP contribution in [0.25, 0.3) is 33.4 Å². The van der Waals surface area contributed by atoms with Gasteiger partial charge in [0, 0.05) is 5.56 Å². The molecule has 0 aliphatic heterocycles. The molecule has 0 aliphatic rings. The zero-order chi connectivity index (χ0) is 15.6. The molecule has 1 heterocycles. The van der Waals surface area contributed by atoms with Crippen LogP contribution in [-0.2, 0) is 0 Å². The van der Waals surface area contributed by atoms with E-state index in [1.54, 1.807) is 0 Å². The second-order valence-corrected chi connectivity index (χ2v) is 6.05. The monoisotopic (exact) mass is 360 g/mol. The Hall–Kier alpha value is -2.52. The maximum absolute atomic E-state index is 4.77. The molecule has 3 heteroatoms. The summed E-state index contributed by atoms with van der Waals surface area (Å²) in [4.78, 5) is 9.38. The summed E-state index contributed by atoms with van der Waals surface area (Å²) < 4.78 is 0.765. The van der Waals surface area contributed by atoms with Gasteiger partial charge in [0.2, 0.25) is 0 Å². The molecule has 0 aliphatic carbocycles. The van der Waals surface area contributed by atoms with Gasteiger partial charge in [0.05, 0.1) is 11.0 Å². The Labute approximate surface area is 143 Å². The first-order valence-electron chi connectivity index (χ1n) is 7.39. The van der Waals surface area contributed by atoms with Gasteiger partial charge in [-0.05, 0) is 45.3 Å². The predicted octanol–water partition coefficient (Wildman–Crippen LogP) is 5.73. The minimum absolute atomic E-state index is 0.765. The van der Waals surface area contributed by atoms with Crippen LogP contribution >= 0.6 is 15.9 Å². The van der Waals surface area contributed by atoms with Crippen LogP contribution in [-0.4, -0.2) is 9.97 Å². The van der Waals surface area contributed by atoms with Crippen LogP contribution in [0.2, 0.25) is 0 Å². The fourth-order valence-corrected chi connectivity index (χ4v) is 3.15. The maximum Gasteiger partial charge on any atom is 0.133 e. The van der Waals surface area contributed by atoms with Crippen molar-refractivity contribution in [1.82, 2.24) is 9.97 Å². The van der Waals surface area contributed by atoms with Gasteiger partial charge in [0.25, 0.3) is 0 Å². The molecule has 0 radical (unpaired) electrons. The van der Waals surface area contributed by atoms with E-state index in [-0.39, 0.29) is 0 Å². The van der Waals surface area contributed by atoms with E-state index >= 15 is 0 Å². The Morgan fingerprint density at radius 1 is 0.565 bits per heavy atom. The second-order valence-electron chi connectivity index (χ2n) is 5.30. The molecule has 0 atom stereocenters. The fraction of sp³-hybridized carbons (Fsp3) is 0. The van der Waals surface area contributed by atoms with E-state index in [0.29, 0.717) is 0 Å². The van der Waals surface area contributed by atoms with Crippen molar-refractivity contribution < 1.29 is 0 Å². The van der Waals surface area contributed by atoms with Crippen LogP contribution in [0.4, 0.5) is 0 Å². The smallest absolute Gasteiger partial charge is 0.133 e. The zero-order valence-electron chi connectivity index (χ0n) is 12.3. The Morgan fingerprint density at radius 3 is 1.96 bits per heavy atom. The van der Waals surface area contributed by atoms with Gasteiger partial charge >= 0.3 is 0 Å². The van der Waals surface area contributed by atoms with Crippen molar-refractivity contribution in [2.75, 3.05) is 0 Å². The van der Waals surface area contributed by atoms with Crippen molar-refractivity contribution in [3.05, 3.63) is 83.5 Å². The molecular weight excluding hydrogens is 348 g/mol. The summed E-state index contributed by atoms with van der Waals surface area (Å²) in [5.41, 5.74) is 6.07. The van der Waals surface area contributed by atoms with E-state index < -0.39 is 0 Å². The SMILES string of the molecule is Brc1nc2ccccc2nc1-c1cccc(-c2ccccc2)c1. The Balaban J connectivity index is 1.86. The van der Waals surface area contributed by atoms with Crippen molar-refractivity contribution in [3.63, 3.8) is 0 Å². The van der Waals surface area contributed by atoms with E-state index in [1.807, 2.05) is 42.5 Å². The maximum atomic E-state index is 4.77. The molecule has 0 amide bonds. The molecule has 3 aromatic carbocycles. The van der Waals surface area contributed by atoms with Crippen molar-refractivity contribution in [3.8, 4) is 22.4 Å². The first kappa shape index (κ1) is 14.1. The lowest BCUT2D eigenvalue weighted by atomic mass is 10.0. The zero-order valence-corrected chi connectivity index (χ0v) is 13.9. The average Bonchev–Trinajstić information content (AvgIpc) is 2.62. The van der Waals surface area contributed by atoms with Gasteiger partial charge in [-0.15, -0.1) is 0 Å². The Morgan fingerprint density at radius 2 is 1.17 bits per heavy atom. The highest BCUT2D eigenvalue weighted by Gasteiger charge is 2.09. The van der Waals surface area contributed by atoms with Gasteiger partial charge in [-0.25, -0.2) is 9.97 Å². The average molecular weight is 361 g/mol. The normalized spacial score (nSPS) is 10.8. The lowest BCUT2D eigenvalue weighted by Crippen LogP contribution is -1.91. The number of rotatable bonds is 2. The van der Waals surface area contributed by atoms with E-state index in [0.717, 1.165) is 26.9 Å².